The Morgan fingerprint density at radius 1 is 1.23 bits per heavy atom. The Balaban J connectivity index is 1.67. The van der Waals surface area contributed by atoms with Crippen molar-refractivity contribution < 1.29 is 13.9 Å². The Morgan fingerprint density at radius 3 is 2.91 bits per heavy atom. The maximum absolute atomic E-state index is 5.71. The first-order chi connectivity index (χ1) is 10.8. The molecule has 1 aliphatic rings. The number of nitrogens with one attached hydrogen (secondary N) is 1. The molecule has 0 aliphatic carbocycles. The molecule has 1 unspecified atom stereocenters. The Kier molecular flexibility index (Phi) is 4.93. The number of rotatable bonds is 6. The van der Waals surface area contributed by atoms with Crippen molar-refractivity contribution in [1.82, 2.24) is 5.32 Å². The molecule has 1 aliphatic heterocycles. The SMILES string of the molecule is COCC(NCc1ccc2c(c1)COCC2)c1ccc(C)o1. The van der Waals surface area contributed by atoms with Crippen LogP contribution in [0.3, 0.4) is 0 Å². The summed E-state index contributed by atoms with van der Waals surface area (Å²) >= 11 is 0. The number of hydrogen-bond acceptors (Lipinski definition) is 4. The predicted molar refractivity (Wildman–Crippen MR) is 84.7 cm³/mol. The Hall–Kier alpha value is -1.62. The second kappa shape index (κ2) is 7.09. The van der Waals surface area contributed by atoms with Crippen LogP contribution in [0.4, 0.5) is 0 Å². The fourth-order valence-electron chi connectivity index (χ4n) is 2.82. The normalized spacial score (nSPS) is 15.5. The van der Waals surface area contributed by atoms with E-state index in [0.717, 1.165) is 37.7 Å². The molecule has 0 bridgehead atoms. The number of hydrogen-bond donors (Lipinski definition) is 1. The average molecular weight is 301 g/mol. The number of ether oxygens (including phenoxy) is 2. The third-order valence-electron chi connectivity index (χ3n) is 4.03. The van der Waals surface area contributed by atoms with Crippen molar-refractivity contribution in [3.05, 3.63) is 58.5 Å². The fourth-order valence-corrected chi connectivity index (χ4v) is 2.82. The average Bonchev–Trinajstić information content (AvgIpc) is 2.97. The van der Waals surface area contributed by atoms with Gasteiger partial charge in [-0.05, 0) is 42.2 Å². The first-order valence-electron chi connectivity index (χ1n) is 7.73. The molecule has 0 amide bonds. The van der Waals surface area contributed by atoms with Gasteiger partial charge in [0.25, 0.3) is 0 Å². The summed E-state index contributed by atoms with van der Waals surface area (Å²) in [6, 6.07) is 10.7. The first-order valence-corrected chi connectivity index (χ1v) is 7.73. The Labute approximate surface area is 131 Å². The van der Waals surface area contributed by atoms with Crippen molar-refractivity contribution in [2.24, 2.45) is 0 Å². The molecule has 4 heteroatoms. The van der Waals surface area contributed by atoms with Crippen molar-refractivity contribution in [2.45, 2.75) is 32.5 Å². The highest BCUT2D eigenvalue weighted by molar-refractivity contribution is 5.33. The number of aryl methyl sites for hydroxylation is 1. The van der Waals surface area contributed by atoms with Crippen LogP contribution in [0.5, 0.6) is 0 Å². The van der Waals surface area contributed by atoms with Gasteiger partial charge >= 0.3 is 0 Å². The molecule has 0 spiro atoms. The molecule has 22 heavy (non-hydrogen) atoms. The summed E-state index contributed by atoms with van der Waals surface area (Å²) in [6.45, 7) is 4.87. The second-order valence-electron chi connectivity index (χ2n) is 5.74. The lowest BCUT2D eigenvalue weighted by molar-refractivity contribution is 0.110. The van der Waals surface area contributed by atoms with E-state index < -0.39 is 0 Å². The molecule has 0 saturated carbocycles. The topological polar surface area (TPSA) is 43.6 Å². The summed E-state index contributed by atoms with van der Waals surface area (Å²) in [6.07, 6.45) is 1.01. The van der Waals surface area contributed by atoms with E-state index in [2.05, 4.69) is 23.5 Å². The highest BCUT2D eigenvalue weighted by Crippen LogP contribution is 2.20. The number of methoxy groups -OCH3 is 1. The Morgan fingerprint density at radius 2 is 2.14 bits per heavy atom. The summed E-state index contributed by atoms with van der Waals surface area (Å²) < 4.78 is 16.6. The lowest BCUT2D eigenvalue weighted by atomic mass is 10.0. The van der Waals surface area contributed by atoms with Crippen LogP contribution in [0.1, 0.15) is 34.3 Å². The maximum atomic E-state index is 5.71. The van der Waals surface area contributed by atoms with Crippen LogP contribution >= 0.6 is 0 Å². The van der Waals surface area contributed by atoms with Gasteiger partial charge in [-0.2, -0.15) is 0 Å². The first kappa shape index (κ1) is 15.3. The van der Waals surface area contributed by atoms with E-state index in [1.54, 1.807) is 7.11 Å². The standard InChI is InChI=1S/C18H23NO3/c1-13-3-6-18(22-13)17(12-20-2)19-10-14-4-5-15-7-8-21-11-16(15)9-14/h3-6,9,17,19H,7-8,10-12H2,1-2H3. The monoisotopic (exact) mass is 301 g/mol. The highest BCUT2D eigenvalue weighted by atomic mass is 16.5. The molecule has 1 N–H and O–H groups in total. The number of benzene rings is 1. The van der Waals surface area contributed by atoms with E-state index in [1.165, 1.54) is 16.7 Å². The van der Waals surface area contributed by atoms with Gasteiger partial charge in [-0.3, -0.25) is 0 Å². The summed E-state index contributed by atoms with van der Waals surface area (Å²) in [5.74, 6) is 1.84. The lowest BCUT2D eigenvalue weighted by Gasteiger charge is -2.19. The molecule has 0 saturated heterocycles. The van der Waals surface area contributed by atoms with E-state index >= 15 is 0 Å². The van der Waals surface area contributed by atoms with E-state index in [0.29, 0.717) is 6.61 Å². The van der Waals surface area contributed by atoms with E-state index in [-0.39, 0.29) is 6.04 Å². The van der Waals surface area contributed by atoms with Gasteiger partial charge in [0.15, 0.2) is 0 Å². The number of furan rings is 1. The zero-order valence-corrected chi connectivity index (χ0v) is 13.2. The largest absolute Gasteiger partial charge is 0.465 e. The second-order valence-corrected chi connectivity index (χ2v) is 5.74. The summed E-state index contributed by atoms with van der Waals surface area (Å²) in [5, 5.41) is 3.51. The summed E-state index contributed by atoms with van der Waals surface area (Å²) in [4.78, 5) is 0. The maximum Gasteiger partial charge on any atom is 0.123 e. The Bertz CT molecular complexity index is 621. The van der Waals surface area contributed by atoms with E-state index in [9.17, 15) is 0 Å². The minimum Gasteiger partial charge on any atom is -0.465 e. The third kappa shape index (κ3) is 3.58. The molecule has 2 heterocycles. The van der Waals surface area contributed by atoms with Crippen molar-refractivity contribution in [2.75, 3.05) is 20.3 Å². The van der Waals surface area contributed by atoms with Crippen LogP contribution in [0, 0.1) is 6.92 Å². The zero-order chi connectivity index (χ0) is 15.4. The molecule has 1 aromatic heterocycles. The number of fused-ring (bicyclic) bond motifs is 1. The summed E-state index contributed by atoms with van der Waals surface area (Å²) in [7, 11) is 1.71. The molecule has 0 radical (unpaired) electrons. The molecular weight excluding hydrogens is 278 g/mol. The van der Waals surface area contributed by atoms with Crippen LogP contribution in [0.15, 0.2) is 34.7 Å². The van der Waals surface area contributed by atoms with Gasteiger partial charge < -0.3 is 19.2 Å². The molecule has 1 aromatic carbocycles. The van der Waals surface area contributed by atoms with Gasteiger partial charge in [-0.15, -0.1) is 0 Å². The molecule has 4 nitrogen and oxygen atoms in total. The van der Waals surface area contributed by atoms with Gasteiger partial charge in [0.05, 0.1) is 25.9 Å². The minimum atomic E-state index is 0.0611. The minimum absolute atomic E-state index is 0.0611. The molecule has 118 valence electrons. The lowest BCUT2D eigenvalue weighted by Crippen LogP contribution is -2.24. The van der Waals surface area contributed by atoms with Crippen molar-refractivity contribution in [3.8, 4) is 0 Å². The summed E-state index contributed by atoms with van der Waals surface area (Å²) in [5.41, 5.74) is 3.97. The van der Waals surface area contributed by atoms with Crippen LogP contribution in [-0.2, 0) is 29.0 Å². The van der Waals surface area contributed by atoms with E-state index in [4.69, 9.17) is 13.9 Å². The molecule has 0 fully saturated rings. The van der Waals surface area contributed by atoms with Gasteiger partial charge in [-0.25, -0.2) is 0 Å². The van der Waals surface area contributed by atoms with Gasteiger partial charge in [0, 0.05) is 13.7 Å². The van der Waals surface area contributed by atoms with Crippen molar-refractivity contribution in [1.29, 1.82) is 0 Å². The fraction of sp³-hybridized carbons (Fsp3) is 0.444. The highest BCUT2D eigenvalue weighted by Gasteiger charge is 2.15. The third-order valence-corrected chi connectivity index (χ3v) is 4.03. The van der Waals surface area contributed by atoms with Gasteiger partial charge in [-0.1, -0.05) is 18.2 Å². The molecule has 3 rings (SSSR count). The van der Waals surface area contributed by atoms with Crippen LogP contribution < -0.4 is 5.32 Å². The molecule has 2 aromatic rings. The van der Waals surface area contributed by atoms with Gasteiger partial charge in [0.2, 0.25) is 0 Å². The quantitative estimate of drug-likeness (QED) is 0.890. The van der Waals surface area contributed by atoms with Gasteiger partial charge in [0.1, 0.15) is 11.5 Å². The van der Waals surface area contributed by atoms with Crippen LogP contribution in [0.2, 0.25) is 0 Å². The van der Waals surface area contributed by atoms with E-state index in [1.807, 2.05) is 19.1 Å². The van der Waals surface area contributed by atoms with Crippen LogP contribution in [-0.4, -0.2) is 20.3 Å². The molecule has 1 atom stereocenters. The van der Waals surface area contributed by atoms with Crippen LogP contribution in [0.25, 0.3) is 0 Å². The zero-order valence-electron chi connectivity index (χ0n) is 13.2. The smallest absolute Gasteiger partial charge is 0.123 e. The molecular formula is C18H23NO3. The van der Waals surface area contributed by atoms with Crippen molar-refractivity contribution in [3.63, 3.8) is 0 Å². The van der Waals surface area contributed by atoms with Crippen molar-refractivity contribution >= 4 is 0 Å². The predicted octanol–water partition coefficient (Wildman–Crippen LogP) is 3.14.